The van der Waals surface area contributed by atoms with Crippen LogP contribution in [0.5, 0.6) is 0 Å². The van der Waals surface area contributed by atoms with Gasteiger partial charge in [0.05, 0.1) is 0 Å². The van der Waals surface area contributed by atoms with E-state index in [0.717, 1.165) is 22.0 Å². The molecule has 0 aliphatic heterocycles. The molecule has 0 atom stereocenters. The number of para-hydroxylation sites is 1. The second-order valence-corrected chi connectivity index (χ2v) is 5.86. The Bertz CT molecular complexity index is 1060. The number of benzene rings is 2. The zero-order valence-electron chi connectivity index (χ0n) is 13.5. The van der Waals surface area contributed by atoms with Crippen LogP contribution in [0.15, 0.2) is 59.1 Å². The van der Waals surface area contributed by atoms with Crippen LogP contribution >= 0.6 is 0 Å². The molecule has 4 rings (SSSR count). The molecule has 0 spiro atoms. The minimum atomic E-state index is -0.930. The number of carboxylic acids is 1. The summed E-state index contributed by atoms with van der Waals surface area (Å²) in [5.74, 6) is -0.156. The van der Waals surface area contributed by atoms with Gasteiger partial charge < -0.3 is 14.2 Å². The number of aromatic nitrogens is 3. The van der Waals surface area contributed by atoms with Gasteiger partial charge in [0.1, 0.15) is 12.2 Å². The van der Waals surface area contributed by atoms with Crippen LogP contribution in [-0.4, -0.2) is 25.8 Å². The Morgan fingerprint density at radius 3 is 2.68 bits per heavy atom. The number of rotatable bonds is 4. The van der Waals surface area contributed by atoms with Crippen molar-refractivity contribution >= 4 is 16.9 Å². The maximum atomic E-state index is 11.3. The van der Waals surface area contributed by atoms with Crippen molar-refractivity contribution in [2.45, 2.75) is 13.5 Å². The number of carboxylic acid groups (broad SMARTS) is 1. The second-order valence-electron chi connectivity index (χ2n) is 5.86. The van der Waals surface area contributed by atoms with Gasteiger partial charge in [-0.25, -0.2) is 0 Å². The molecule has 1 N–H and O–H groups in total. The molecule has 0 saturated heterocycles. The van der Waals surface area contributed by atoms with Crippen molar-refractivity contribution in [2.75, 3.05) is 0 Å². The summed E-state index contributed by atoms with van der Waals surface area (Å²) in [5, 5.41) is 14.2. The summed E-state index contributed by atoms with van der Waals surface area (Å²) in [6.45, 7) is 1.83. The van der Waals surface area contributed by atoms with Crippen LogP contribution in [0.3, 0.4) is 0 Å². The summed E-state index contributed by atoms with van der Waals surface area (Å²) >= 11 is 0. The van der Waals surface area contributed by atoms with E-state index in [2.05, 4.69) is 10.1 Å². The number of nitrogens with zero attached hydrogens (tertiary/aromatic N) is 3. The second kappa shape index (κ2) is 5.90. The number of hydrogen-bond acceptors (Lipinski definition) is 4. The zero-order chi connectivity index (χ0) is 17.4. The van der Waals surface area contributed by atoms with Crippen molar-refractivity contribution in [1.82, 2.24) is 14.7 Å². The van der Waals surface area contributed by atoms with Crippen LogP contribution in [0.1, 0.15) is 5.56 Å². The number of fused-ring (bicyclic) bond motifs is 1. The number of aliphatic carboxylic acids is 1. The Labute approximate surface area is 143 Å². The van der Waals surface area contributed by atoms with Crippen molar-refractivity contribution in [1.29, 1.82) is 0 Å². The Morgan fingerprint density at radius 2 is 1.92 bits per heavy atom. The highest BCUT2D eigenvalue weighted by molar-refractivity contribution is 5.87. The van der Waals surface area contributed by atoms with Crippen LogP contribution in [0.25, 0.3) is 33.9 Å². The summed E-state index contributed by atoms with van der Waals surface area (Å²) in [7, 11) is 0. The van der Waals surface area contributed by atoms with Gasteiger partial charge in [-0.2, -0.15) is 4.98 Å². The zero-order valence-corrected chi connectivity index (χ0v) is 13.5. The van der Waals surface area contributed by atoms with Gasteiger partial charge in [-0.1, -0.05) is 53.2 Å². The first-order chi connectivity index (χ1) is 12.1. The van der Waals surface area contributed by atoms with Gasteiger partial charge in [-0.3, -0.25) is 4.79 Å². The highest BCUT2D eigenvalue weighted by atomic mass is 16.5. The van der Waals surface area contributed by atoms with E-state index in [1.165, 1.54) is 0 Å². The van der Waals surface area contributed by atoms with E-state index in [0.29, 0.717) is 17.4 Å². The Morgan fingerprint density at radius 1 is 1.16 bits per heavy atom. The summed E-state index contributed by atoms with van der Waals surface area (Å²) in [4.78, 5) is 15.7. The highest BCUT2D eigenvalue weighted by Crippen LogP contribution is 2.28. The smallest absolute Gasteiger partial charge is 0.323 e. The molecule has 0 bridgehead atoms. The molecule has 0 unspecified atom stereocenters. The van der Waals surface area contributed by atoms with Crippen molar-refractivity contribution in [3.05, 3.63) is 60.2 Å². The maximum Gasteiger partial charge on any atom is 0.323 e. The lowest BCUT2D eigenvalue weighted by Crippen LogP contribution is -2.09. The first kappa shape index (κ1) is 15.1. The molecule has 6 nitrogen and oxygen atoms in total. The predicted octanol–water partition coefficient (Wildman–Crippen LogP) is 3.75. The molecular formula is C19H15N3O3. The maximum absolute atomic E-state index is 11.3. The SMILES string of the molecule is Cc1ccc(-c2noc(-c3cc4ccccc4n3CC(=O)O)n2)cc1. The quantitative estimate of drug-likeness (QED) is 0.615. The summed E-state index contributed by atoms with van der Waals surface area (Å²) in [6.07, 6.45) is 0. The van der Waals surface area contributed by atoms with E-state index >= 15 is 0 Å². The largest absolute Gasteiger partial charge is 0.480 e. The van der Waals surface area contributed by atoms with Crippen LogP contribution < -0.4 is 0 Å². The van der Waals surface area contributed by atoms with Gasteiger partial charge in [-0.05, 0) is 19.1 Å². The average molecular weight is 333 g/mol. The summed E-state index contributed by atoms with van der Waals surface area (Å²) in [6, 6.07) is 17.3. The number of hydrogen-bond donors (Lipinski definition) is 1. The fourth-order valence-corrected chi connectivity index (χ4v) is 2.84. The third kappa shape index (κ3) is 2.78. The fraction of sp³-hybridized carbons (Fsp3) is 0.105. The summed E-state index contributed by atoms with van der Waals surface area (Å²) in [5.41, 5.74) is 3.40. The van der Waals surface area contributed by atoms with Crippen molar-refractivity contribution < 1.29 is 14.4 Å². The lowest BCUT2D eigenvalue weighted by molar-refractivity contribution is -0.137. The Balaban J connectivity index is 1.82. The monoisotopic (exact) mass is 333 g/mol. The number of carbonyl (C=O) groups is 1. The molecule has 6 heteroatoms. The lowest BCUT2D eigenvalue weighted by atomic mass is 10.1. The molecule has 0 amide bonds. The molecule has 2 heterocycles. The van der Waals surface area contributed by atoms with Gasteiger partial charge in [-0.15, -0.1) is 0 Å². The Hall–Kier alpha value is -3.41. The van der Waals surface area contributed by atoms with Gasteiger partial charge in [0.25, 0.3) is 5.89 Å². The molecule has 0 aliphatic rings. The van der Waals surface area contributed by atoms with Gasteiger partial charge in [0.15, 0.2) is 0 Å². The average Bonchev–Trinajstić information content (AvgIpc) is 3.21. The third-order valence-electron chi connectivity index (χ3n) is 4.06. The first-order valence-electron chi connectivity index (χ1n) is 7.83. The molecule has 0 aliphatic carbocycles. The molecule has 0 saturated carbocycles. The van der Waals surface area contributed by atoms with Crippen LogP contribution in [-0.2, 0) is 11.3 Å². The van der Waals surface area contributed by atoms with Crippen molar-refractivity contribution in [3.63, 3.8) is 0 Å². The molecule has 0 fully saturated rings. The predicted molar refractivity (Wildman–Crippen MR) is 93.0 cm³/mol. The minimum absolute atomic E-state index is 0.176. The first-order valence-corrected chi connectivity index (χ1v) is 7.83. The molecular weight excluding hydrogens is 318 g/mol. The third-order valence-corrected chi connectivity index (χ3v) is 4.06. The molecule has 124 valence electrons. The van der Waals surface area contributed by atoms with Gasteiger partial charge in [0.2, 0.25) is 5.82 Å². The van der Waals surface area contributed by atoms with Gasteiger partial charge in [0, 0.05) is 16.5 Å². The minimum Gasteiger partial charge on any atom is -0.480 e. The molecule has 0 radical (unpaired) electrons. The molecule has 2 aromatic heterocycles. The van der Waals surface area contributed by atoms with E-state index in [9.17, 15) is 9.90 Å². The number of aryl methyl sites for hydroxylation is 1. The lowest BCUT2D eigenvalue weighted by Gasteiger charge is -2.04. The van der Waals surface area contributed by atoms with E-state index in [1.54, 1.807) is 4.57 Å². The van der Waals surface area contributed by atoms with E-state index in [4.69, 9.17) is 4.52 Å². The van der Waals surface area contributed by atoms with Crippen LogP contribution in [0, 0.1) is 6.92 Å². The van der Waals surface area contributed by atoms with Crippen molar-refractivity contribution in [3.8, 4) is 23.0 Å². The van der Waals surface area contributed by atoms with Crippen LogP contribution in [0.2, 0.25) is 0 Å². The fourth-order valence-electron chi connectivity index (χ4n) is 2.84. The molecule has 2 aromatic carbocycles. The van der Waals surface area contributed by atoms with Gasteiger partial charge >= 0.3 is 5.97 Å². The van der Waals surface area contributed by atoms with E-state index in [-0.39, 0.29) is 6.54 Å². The Kier molecular flexibility index (Phi) is 3.57. The van der Waals surface area contributed by atoms with Crippen LogP contribution in [0.4, 0.5) is 0 Å². The topological polar surface area (TPSA) is 81.2 Å². The standard InChI is InChI=1S/C19H15N3O3/c1-12-6-8-13(9-7-12)18-20-19(25-21-18)16-10-14-4-2-3-5-15(14)22(16)11-17(23)24/h2-10H,11H2,1H3,(H,23,24). The molecule has 4 aromatic rings. The highest BCUT2D eigenvalue weighted by Gasteiger charge is 2.18. The van der Waals surface area contributed by atoms with E-state index in [1.807, 2.05) is 61.5 Å². The van der Waals surface area contributed by atoms with Crippen molar-refractivity contribution in [2.24, 2.45) is 0 Å². The van der Waals surface area contributed by atoms with E-state index < -0.39 is 5.97 Å². The molecule has 25 heavy (non-hydrogen) atoms. The normalized spacial score (nSPS) is 11.1. The summed E-state index contributed by atoms with van der Waals surface area (Å²) < 4.78 is 7.08.